The quantitative estimate of drug-likeness (QED) is 0.624. The van der Waals surface area contributed by atoms with Gasteiger partial charge in [-0.25, -0.2) is 4.98 Å². The number of amides is 1. The first kappa shape index (κ1) is 20.8. The van der Waals surface area contributed by atoms with Gasteiger partial charge in [-0.2, -0.15) is 0 Å². The second-order valence-corrected chi connectivity index (χ2v) is 8.57. The Bertz CT molecular complexity index is 960. The molecule has 3 aromatic rings. The van der Waals surface area contributed by atoms with E-state index in [0.717, 1.165) is 43.3 Å². The van der Waals surface area contributed by atoms with E-state index in [2.05, 4.69) is 46.4 Å². The Morgan fingerprint density at radius 1 is 1.20 bits per heavy atom. The second-order valence-electron chi connectivity index (χ2n) is 7.62. The molecule has 1 saturated heterocycles. The number of ether oxygens (including phenoxy) is 1. The lowest BCUT2D eigenvalue weighted by molar-refractivity contribution is -0.121. The summed E-state index contributed by atoms with van der Waals surface area (Å²) in [4.78, 5) is 20.8. The molecule has 2 aromatic heterocycles. The predicted molar refractivity (Wildman–Crippen MR) is 118 cm³/mol. The first-order valence-corrected chi connectivity index (χ1v) is 11.1. The maximum Gasteiger partial charge on any atom is 0.236 e. The minimum atomic E-state index is -0.0832. The van der Waals surface area contributed by atoms with Gasteiger partial charge in [0.05, 0.1) is 36.2 Å². The SMILES string of the molecule is Cc1ccc([C@H](CN2CCOCC2)NC(=O)Cc2nc(-c3cccs3)oc2C)cc1. The van der Waals surface area contributed by atoms with E-state index in [0.29, 0.717) is 17.3 Å². The number of oxazole rings is 1. The van der Waals surface area contributed by atoms with Crippen molar-refractivity contribution in [1.82, 2.24) is 15.2 Å². The number of thiophene rings is 1. The number of nitrogens with one attached hydrogen (secondary N) is 1. The van der Waals surface area contributed by atoms with Crippen LogP contribution in [-0.4, -0.2) is 48.6 Å². The molecule has 0 aliphatic carbocycles. The average molecular weight is 426 g/mol. The molecule has 30 heavy (non-hydrogen) atoms. The molecule has 158 valence electrons. The lowest BCUT2D eigenvalue weighted by atomic mass is 10.0. The third-order valence-electron chi connectivity index (χ3n) is 5.31. The largest absolute Gasteiger partial charge is 0.440 e. The zero-order chi connectivity index (χ0) is 20.9. The van der Waals surface area contributed by atoms with Crippen molar-refractivity contribution in [1.29, 1.82) is 0 Å². The fraction of sp³-hybridized carbons (Fsp3) is 0.391. The summed E-state index contributed by atoms with van der Waals surface area (Å²) in [6, 6.07) is 12.2. The molecule has 1 aliphatic rings. The molecule has 1 amide bonds. The van der Waals surface area contributed by atoms with Crippen LogP contribution in [0.15, 0.2) is 46.2 Å². The summed E-state index contributed by atoms with van der Waals surface area (Å²) < 4.78 is 11.2. The summed E-state index contributed by atoms with van der Waals surface area (Å²) >= 11 is 1.57. The summed E-state index contributed by atoms with van der Waals surface area (Å²) in [7, 11) is 0. The Labute approximate surface area is 180 Å². The molecule has 6 nitrogen and oxygen atoms in total. The molecule has 0 spiro atoms. The molecular weight excluding hydrogens is 398 g/mol. The minimum absolute atomic E-state index is 0.0528. The molecule has 1 N–H and O–H groups in total. The molecule has 1 atom stereocenters. The molecule has 1 aliphatic heterocycles. The van der Waals surface area contributed by atoms with E-state index in [1.165, 1.54) is 5.56 Å². The lowest BCUT2D eigenvalue weighted by Crippen LogP contribution is -2.43. The van der Waals surface area contributed by atoms with Crippen molar-refractivity contribution in [3.63, 3.8) is 0 Å². The highest BCUT2D eigenvalue weighted by Crippen LogP contribution is 2.26. The van der Waals surface area contributed by atoms with Crippen LogP contribution in [0.1, 0.15) is 28.6 Å². The number of aromatic nitrogens is 1. The topological polar surface area (TPSA) is 67.6 Å². The molecule has 1 aromatic carbocycles. The maximum absolute atomic E-state index is 12.9. The summed E-state index contributed by atoms with van der Waals surface area (Å²) in [5.74, 6) is 1.21. The third kappa shape index (κ3) is 5.16. The molecule has 0 radical (unpaired) electrons. The van der Waals surface area contributed by atoms with Crippen LogP contribution < -0.4 is 5.32 Å². The van der Waals surface area contributed by atoms with E-state index in [1.807, 2.05) is 24.4 Å². The fourth-order valence-corrected chi connectivity index (χ4v) is 4.22. The monoisotopic (exact) mass is 425 g/mol. The summed E-state index contributed by atoms with van der Waals surface area (Å²) in [5.41, 5.74) is 3.00. The van der Waals surface area contributed by atoms with Crippen LogP contribution in [0.2, 0.25) is 0 Å². The maximum atomic E-state index is 12.9. The van der Waals surface area contributed by atoms with Gasteiger partial charge in [0.15, 0.2) is 0 Å². The van der Waals surface area contributed by atoms with Crippen LogP contribution in [0.25, 0.3) is 10.8 Å². The number of carbonyl (C=O) groups excluding carboxylic acids is 1. The van der Waals surface area contributed by atoms with Gasteiger partial charge in [-0.3, -0.25) is 9.69 Å². The Hall–Kier alpha value is -2.48. The van der Waals surface area contributed by atoms with Gasteiger partial charge in [-0.05, 0) is 30.9 Å². The summed E-state index contributed by atoms with van der Waals surface area (Å²) in [6.07, 6.45) is 0.201. The van der Waals surface area contributed by atoms with Crippen molar-refractivity contribution in [2.75, 3.05) is 32.8 Å². The molecule has 0 saturated carbocycles. The smallest absolute Gasteiger partial charge is 0.236 e. The van der Waals surface area contributed by atoms with Gasteiger partial charge < -0.3 is 14.5 Å². The highest BCUT2D eigenvalue weighted by Gasteiger charge is 2.22. The molecular formula is C23H27N3O3S. The number of morpholine rings is 1. The van der Waals surface area contributed by atoms with E-state index < -0.39 is 0 Å². The van der Waals surface area contributed by atoms with E-state index in [9.17, 15) is 4.79 Å². The zero-order valence-electron chi connectivity index (χ0n) is 17.4. The Balaban J connectivity index is 1.46. The Kier molecular flexibility index (Phi) is 6.62. The molecule has 7 heteroatoms. The first-order chi connectivity index (χ1) is 14.6. The van der Waals surface area contributed by atoms with E-state index in [-0.39, 0.29) is 18.4 Å². The van der Waals surface area contributed by atoms with E-state index in [4.69, 9.17) is 9.15 Å². The standard InChI is InChI=1S/C23H27N3O3S/c1-16-5-7-18(8-6-16)20(15-26-9-11-28-12-10-26)24-22(27)14-19-17(2)29-23(25-19)21-4-3-13-30-21/h3-8,13,20H,9-12,14-15H2,1-2H3,(H,24,27)/t20-/m0/s1. The fourth-order valence-electron chi connectivity index (χ4n) is 3.57. The molecule has 0 unspecified atom stereocenters. The molecule has 4 rings (SSSR count). The van der Waals surface area contributed by atoms with Crippen LogP contribution in [0, 0.1) is 13.8 Å². The predicted octanol–water partition coefficient (Wildman–Crippen LogP) is 3.75. The number of rotatable bonds is 7. The minimum Gasteiger partial charge on any atom is -0.440 e. The number of carbonyl (C=O) groups is 1. The third-order valence-corrected chi connectivity index (χ3v) is 6.17. The van der Waals surface area contributed by atoms with Gasteiger partial charge in [0.25, 0.3) is 0 Å². The van der Waals surface area contributed by atoms with Gasteiger partial charge in [0, 0.05) is 19.6 Å². The van der Waals surface area contributed by atoms with Crippen LogP contribution in [0.5, 0.6) is 0 Å². The molecule has 1 fully saturated rings. The second kappa shape index (κ2) is 9.55. The van der Waals surface area contributed by atoms with Crippen LogP contribution in [0.4, 0.5) is 0 Å². The highest BCUT2D eigenvalue weighted by atomic mass is 32.1. The first-order valence-electron chi connectivity index (χ1n) is 10.2. The van der Waals surface area contributed by atoms with Crippen LogP contribution in [0.3, 0.4) is 0 Å². The number of aryl methyl sites for hydroxylation is 2. The van der Waals surface area contributed by atoms with Crippen molar-refractivity contribution in [2.45, 2.75) is 26.3 Å². The summed E-state index contributed by atoms with van der Waals surface area (Å²) in [5, 5.41) is 5.20. The molecule has 3 heterocycles. The van der Waals surface area contributed by atoms with Crippen LogP contribution >= 0.6 is 11.3 Å². The van der Waals surface area contributed by atoms with E-state index >= 15 is 0 Å². The number of hydrogen-bond donors (Lipinski definition) is 1. The van der Waals surface area contributed by atoms with Crippen molar-refractivity contribution in [2.24, 2.45) is 0 Å². The van der Waals surface area contributed by atoms with Crippen molar-refractivity contribution < 1.29 is 13.9 Å². The van der Waals surface area contributed by atoms with Gasteiger partial charge >= 0.3 is 0 Å². The van der Waals surface area contributed by atoms with Crippen molar-refractivity contribution in [3.05, 3.63) is 64.4 Å². The van der Waals surface area contributed by atoms with E-state index in [1.54, 1.807) is 11.3 Å². The van der Waals surface area contributed by atoms with Gasteiger partial charge in [0.1, 0.15) is 5.76 Å². The van der Waals surface area contributed by atoms with Crippen molar-refractivity contribution in [3.8, 4) is 10.8 Å². The average Bonchev–Trinajstić information content (AvgIpc) is 3.39. The number of benzene rings is 1. The van der Waals surface area contributed by atoms with Crippen LogP contribution in [-0.2, 0) is 16.0 Å². The Morgan fingerprint density at radius 2 is 1.97 bits per heavy atom. The van der Waals surface area contributed by atoms with Gasteiger partial charge in [0.2, 0.25) is 11.8 Å². The number of hydrogen-bond acceptors (Lipinski definition) is 6. The van der Waals surface area contributed by atoms with Gasteiger partial charge in [-0.1, -0.05) is 35.9 Å². The number of nitrogens with zero attached hydrogens (tertiary/aromatic N) is 2. The molecule has 0 bridgehead atoms. The highest BCUT2D eigenvalue weighted by molar-refractivity contribution is 7.13. The Morgan fingerprint density at radius 3 is 2.67 bits per heavy atom. The summed E-state index contributed by atoms with van der Waals surface area (Å²) in [6.45, 7) is 7.91. The van der Waals surface area contributed by atoms with Gasteiger partial charge in [-0.15, -0.1) is 11.3 Å². The zero-order valence-corrected chi connectivity index (χ0v) is 18.2. The lowest BCUT2D eigenvalue weighted by Gasteiger charge is -2.31. The van der Waals surface area contributed by atoms with Crippen molar-refractivity contribution >= 4 is 17.2 Å². The normalized spacial score (nSPS) is 15.8.